The van der Waals surface area contributed by atoms with E-state index in [4.69, 9.17) is 4.74 Å². The van der Waals surface area contributed by atoms with Gasteiger partial charge in [0.1, 0.15) is 0 Å². The summed E-state index contributed by atoms with van der Waals surface area (Å²) in [5.74, 6) is 0.814. The standard InChI is InChI=1S/C18H28N2O2/c1-15(2)17-6-4-16(5-7-17)14-19-9-8-18(21)20(11-10-19)12-13-22-3/h4-7,15H,8-14H2,1-3H3. The summed E-state index contributed by atoms with van der Waals surface area (Å²) in [6, 6.07) is 8.86. The van der Waals surface area contributed by atoms with E-state index in [2.05, 4.69) is 43.0 Å². The minimum atomic E-state index is 0.245. The first-order valence-corrected chi connectivity index (χ1v) is 8.18. The first-order chi connectivity index (χ1) is 10.6. The highest BCUT2D eigenvalue weighted by Gasteiger charge is 2.20. The van der Waals surface area contributed by atoms with E-state index >= 15 is 0 Å². The van der Waals surface area contributed by atoms with Crippen LogP contribution in [0.25, 0.3) is 0 Å². The number of methoxy groups -OCH3 is 1. The Morgan fingerprint density at radius 1 is 1.14 bits per heavy atom. The maximum absolute atomic E-state index is 12.1. The molecular weight excluding hydrogens is 276 g/mol. The molecule has 1 aliphatic heterocycles. The Kier molecular flexibility index (Phi) is 6.40. The molecule has 0 radical (unpaired) electrons. The van der Waals surface area contributed by atoms with Crippen molar-refractivity contribution in [1.29, 1.82) is 0 Å². The highest BCUT2D eigenvalue weighted by molar-refractivity contribution is 5.76. The van der Waals surface area contributed by atoms with Crippen LogP contribution < -0.4 is 0 Å². The van der Waals surface area contributed by atoms with E-state index in [0.717, 1.165) is 26.2 Å². The van der Waals surface area contributed by atoms with Crippen LogP contribution in [0.15, 0.2) is 24.3 Å². The van der Waals surface area contributed by atoms with Crippen LogP contribution in [-0.2, 0) is 16.1 Å². The zero-order valence-electron chi connectivity index (χ0n) is 14.0. The van der Waals surface area contributed by atoms with Crippen LogP contribution in [-0.4, -0.2) is 55.6 Å². The van der Waals surface area contributed by atoms with Gasteiger partial charge in [-0.3, -0.25) is 9.69 Å². The molecule has 1 aromatic rings. The summed E-state index contributed by atoms with van der Waals surface area (Å²) in [7, 11) is 1.68. The maximum Gasteiger partial charge on any atom is 0.223 e. The third-order valence-electron chi connectivity index (χ3n) is 4.30. The van der Waals surface area contributed by atoms with Crippen molar-refractivity contribution in [2.75, 3.05) is 39.9 Å². The summed E-state index contributed by atoms with van der Waals surface area (Å²) in [6.07, 6.45) is 0.605. The van der Waals surface area contributed by atoms with Gasteiger partial charge in [-0.05, 0) is 17.0 Å². The number of ether oxygens (including phenoxy) is 1. The minimum Gasteiger partial charge on any atom is -0.383 e. The molecule has 2 rings (SSSR count). The number of amides is 1. The topological polar surface area (TPSA) is 32.8 Å². The van der Waals surface area contributed by atoms with Gasteiger partial charge in [0.15, 0.2) is 0 Å². The smallest absolute Gasteiger partial charge is 0.223 e. The highest BCUT2D eigenvalue weighted by Crippen LogP contribution is 2.16. The Hall–Kier alpha value is -1.39. The van der Waals surface area contributed by atoms with Crippen LogP contribution in [0.2, 0.25) is 0 Å². The van der Waals surface area contributed by atoms with Crippen LogP contribution in [0.4, 0.5) is 0 Å². The Morgan fingerprint density at radius 3 is 2.50 bits per heavy atom. The maximum atomic E-state index is 12.1. The van der Waals surface area contributed by atoms with E-state index in [0.29, 0.717) is 25.5 Å². The molecule has 0 spiro atoms. The SMILES string of the molecule is COCCN1CCN(Cc2ccc(C(C)C)cc2)CCC1=O. The van der Waals surface area contributed by atoms with Crippen molar-refractivity contribution < 1.29 is 9.53 Å². The summed E-state index contributed by atoms with van der Waals surface area (Å²) in [5, 5.41) is 0. The van der Waals surface area contributed by atoms with Crippen LogP contribution in [0.5, 0.6) is 0 Å². The van der Waals surface area contributed by atoms with E-state index in [1.165, 1.54) is 11.1 Å². The molecule has 1 fully saturated rings. The van der Waals surface area contributed by atoms with Crippen molar-refractivity contribution in [3.05, 3.63) is 35.4 Å². The summed E-state index contributed by atoms with van der Waals surface area (Å²) in [5.41, 5.74) is 2.70. The average molecular weight is 304 g/mol. The number of hydrogen-bond donors (Lipinski definition) is 0. The van der Waals surface area contributed by atoms with Gasteiger partial charge in [0.2, 0.25) is 5.91 Å². The van der Waals surface area contributed by atoms with Crippen molar-refractivity contribution in [2.24, 2.45) is 0 Å². The van der Waals surface area contributed by atoms with Crippen LogP contribution >= 0.6 is 0 Å². The van der Waals surface area contributed by atoms with E-state index in [1.54, 1.807) is 7.11 Å². The number of nitrogens with zero attached hydrogens (tertiary/aromatic N) is 2. The van der Waals surface area contributed by atoms with E-state index < -0.39 is 0 Å². The van der Waals surface area contributed by atoms with Gasteiger partial charge in [-0.2, -0.15) is 0 Å². The molecule has 0 atom stereocenters. The molecule has 22 heavy (non-hydrogen) atoms. The first kappa shape index (κ1) is 17.0. The number of carbonyl (C=O) groups is 1. The molecule has 1 saturated heterocycles. The van der Waals surface area contributed by atoms with Crippen LogP contribution in [0.3, 0.4) is 0 Å². The van der Waals surface area contributed by atoms with Crippen LogP contribution in [0.1, 0.15) is 37.3 Å². The lowest BCUT2D eigenvalue weighted by Gasteiger charge is -2.22. The second kappa shape index (κ2) is 8.30. The largest absolute Gasteiger partial charge is 0.383 e. The van der Waals surface area contributed by atoms with Crippen molar-refractivity contribution in [1.82, 2.24) is 9.80 Å². The molecule has 1 amide bonds. The summed E-state index contributed by atoms with van der Waals surface area (Å²) in [4.78, 5) is 16.4. The predicted octanol–water partition coefficient (Wildman–Crippen LogP) is 2.49. The van der Waals surface area contributed by atoms with E-state index in [1.807, 2.05) is 4.90 Å². The summed E-state index contributed by atoms with van der Waals surface area (Å²) in [6.45, 7) is 9.23. The minimum absolute atomic E-state index is 0.245. The van der Waals surface area contributed by atoms with Crippen molar-refractivity contribution in [2.45, 2.75) is 32.7 Å². The molecule has 0 aliphatic carbocycles. The summed E-state index contributed by atoms with van der Waals surface area (Å²) >= 11 is 0. The molecule has 1 aliphatic rings. The molecule has 4 heteroatoms. The number of carbonyl (C=O) groups excluding carboxylic acids is 1. The van der Waals surface area contributed by atoms with Gasteiger partial charge in [-0.25, -0.2) is 0 Å². The third-order valence-corrected chi connectivity index (χ3v) is 4.30. The Morgan fingerprint density at radius 2 is 1.86 bits per heavy atom. The normalized spacial score (nSPS) is 17.1. The summed E-state index contributed by atoms with van der Waals surface area (Å²) < 4.78 is 5.08. The molecule has 122 valence electrons. The first-order valence-electron chi connectivity index (χ1n) is 8.18. The Balaban J connectivity index is 1.89. The molecule has 0 saturated carbocycles. The lowest BCUT2D eigenvalue weighted by atomic mass is 10.0. The molecule has 0 N–H and O–H groups in total. The second-order valence-corrected chi connectivity index (χ2v) is 6.30. The van der Waals surface area contributed by atoms with Crippen molar-refractivity contribution >= 4 is 5.91 Å². The fraction of sp³-hybridized carbons (Fsp3) is 0.611. The molecule has 0 aromatic heterocycles. The average Bonchev–Trinajstić information content (AvgIpc) is 2.68. The monoisotopic (exact) mass is 304 g/mol. The van der Waals surface area contributed by atoms with Gasteiger partial charge in [-0.15, -0.1) is 0 Å². The van der Waals surface area contributed by atoms with E-state index in [-0.39, 0.29) is 5.91 Å². The molecule has 0 bridgehead atoms. The molecule has 4 nitrogen and oxygen atoms in total. The quantitative estimate of drug-likeness (QED) is 0.809. The lowest BCUT2D eigenvalue weighted by molar-refractivity contribution is -0.130. The van der Waals surface area contributed by atoms with Gasteiger partial charge in [0.25, 0.3) is 0 Å². The van der Waals surface area contributed by atoms with Crippen LogP contribution in [0, 0.1) is 0 Å². The number of benzene rings is 1. The third kappa shape index (κ3) is 4.82. The second-order valence-electron chi connectivity index (χ2n) is 6.30. The molecule has 0 unspecified atom stereocenters. The Labute approximate surface area is 134 Å². The van der Waals surface area contributed by atoms with Crippen molar-refractivity contribution in [3.8, 4) is 0 Å². The van der Waals surface area contributed by atoms with Gasteiger partial charge in [0, 0.05) is 46.3 Å². The fourth-order valence-corrected chi connectivity index (χ4v) is 2.77. The molecular formula is C18H28N2O2. The van der Waals surface area contributed by atoms with E-state index in [9.17, 15) is 4.79 Å². The molecule has 1 aromatic carbocycles. The van der Waals surface area contributed by atoms with Gasteiger partial charge in [-0.1, -0.05) is 38.1 Å². The predicted molar refractivity (Wildman–Crippen MR) is 88.9 cm³/mol. The Bertz CT molecular complexity index is 470. The molecule has 1 heterocycles. The zero-order chi connectivity index (χ0) is 15.9. The number of rotatable bonds is 6. The fourth-order valence-electron chi connectivity index (χ4n) is 2.77. The highest BCUT2D eigenvalue weighted by atomic mass is 16.5. The van der Waals surface area contributed by atoms with Gasteiger partial charge >= 0.3 is 0 Å². The van der Waals surface area contributed by atoms with Gasteiger partial charge < -0.3 is 9.64 Å². The van der Waals surface area contributed by atoms with Crippen molar-refractivity contribution in [3.63, 3.8) is 0 Å². The lowest BCUT2D eigenvalue weighted by Crippen LogP contribution is -2.35. The van der Waals surface area contributed by atoms with Gasteiger partial charge in [0.05, 0.1) is 6.61 Å². The number of hydrogen-bond acceptors (Lipinski definition) is 3. The zero-order valence-corrected chi connectivity index (χ0v) is 14.0.